The second-order valence-electron chi connectivity index (χ2n) is 8.78. The third-order valence-corrected chi connectivity index (χ3v) is 6.13. The first kappa shape index (κ1) is 23.6. The highest BCUT2D eigenvalue weighted by Crippen LogP contribution is 2.31. The smallest absolute Gasteiger partial charge is 0.263 e. The highest BCUT2D eigenvalue weighted by atomic mass is 16.1. The van der Waals surface area contributed by atoms with Crippen molar-refractivity contribution in [2.45, 2.75) is 26.8 Å². The Bertz CT molecular complexity index is 1740. The summed E-state index contributed by atoms with van der Waals surface area (Å²) >= 11 is 0. The molecular formula is C28H24N8O. The van der Waals surface area contributed by atoms with E-state index in [-0.39, 0.29) is 17.2 Å². The van der Waals surface area contributed by atoms with E-state index in [0.29, 0.717) is 22.7 Å². The molecule has 3 aromatic heterocycles. The van der Waals surface area contributed by atoms with Crippen LogP contribution in [-0.2, 0) is 0 Å². The van der Waals surface area contributed by atoms with Gasteiger partial charge < -0.3 is 11.1 Å². The van der Waals surface area contributed by atoms with Gasteiger partial charge in [-0.2, -0.15) is 0 Å². The third-order valence-electron chi connectivity index (χ3n) is 6.13. The second kappa shape index (κ2) is 9.51. The topological polar surface area (TPSA) is 116 Å². The lowest BCUT2D eigenvalue weighted by atomic mass is 9.99. The molecular weight excluding hydrogens is 464 g/mol. The molecule has 0 spiro atoms. The molecule has 0 saturated heterocycles. The molecule has 0 radical (unpaired) electrons. The number of benzene rings is 2. The molecule has 0 fully saturated rings. The average molecular weight is 489 g/mol. The summed E-state index contributed by atoms with van der Waals surface area (Å²) in [6, 6.07) is 15.1. The number of nitrogens with one attached hydrogen (secondary N) is 1. The Balaban J connectivity index is 1.76. The average Bonchev–Trinajstić information content (AvgIpc) is 2.89. The van der Waals surface area contributed by atoms with Gasteiger partial charge in [0.15, 0.2) is 0 Å². The minimum atomic E-state index is -0.404. The number of nitrogens with zero attached hydrogens (tertiary/aromatic N) is 6. The standard InChI is InChI=1S/C28H24N8O/c1-16-7-5-9-21(11-16)36-24(17(2)34-26-23(30-4)15-33-28(29)35-26)12-19-8-6-10-22(25(19)27(36)37)20-13-31-18(3)32-14-20/h5-15,17H,1-3H3,(H3,29,33,34,35)/t17-/m0/s1. The number of fused-ring (bicyclic) bond motifs is 1. The molecule has 0 saturated carbocycles. The van der Waals surface area contributed by atoms with Gasteiger partial charge in [-0.15, -0.1) is 0 Å². The monoisotopic (exact) mass is 488 g/mol. The van der Waals surface area contributed by atoms with E-state index in [1.54, 1.807) is 17.0 Å². The van der Waals surface area contributed by atoms with Crippen molar-refractivity contribution < 1.29 is 0 Å². The van der Waals surface area contributed by atoms with Crippen LogP contribution in [0.5, 0.6) is 0 Å². The van der Waals surface area contributed by atoms with Gasteiger partial charge in [0.25, 0.3) is 5.56 Å². The summed E-state index contributed by atoms with van der Waals surface area (Å²) < 4.78 is 1.70. The van der Waals surface area contributed by atoms with Crippen LogP contribution in [0.2, 0.25) is 0 Å². The van der Waals surface area contributed by atoms with Crippen molar-refractivity contribution in [1.82, 2.24) is 24.5 Å². The first-order valence-corrected chi connectivity index (χ1v) is 11.7. The van der Waals surface area contributed by atoms with E-state index in [9.17, 15) is 4.79 Å². The summed E-state index contributed by atoms with van der Waals surface area (Å²) in [5.41, 5.74) is 9.84. The van der Waals surface area contributed by atoms with Crippen molar-refractivity contribution in [3.05, 3.63) is 106 Å². The summed E-state index contributed by atoms with van der Waals surface area (Å²) in [6.45, 7) is 13.2. The van der Waals surface area contributed by atoms with Gasteiger partial charge in [0.2, 0.25) is 11.6 Å². The maximum absolute atomic E-state index is 14.3. The van der Waals surface area contributed by atoms with E-state index in [0.717, 1.165) is 27.8 Å². The number of aryl methyl sites for hydroxylation is 2. The SMILES string of the molecule is [C-]#[N+]c1cnc(N)nc1N[C@@H](C)c1cc2cccc(-c3cnc(C)nc3)c2c(=O)n1-c1cccc(C)c1. The molecule has 1 atom stereocenters. The van der Waals surface area contributed by atoms with Crippen LogP contribution < -0.4 is 16.6 Å². The first-order valence-electron chi connectivity index (χ1n) is 11.7. The van der Waals surface area contributed by atoms with Crippen molar-refractivity contribution in [2.24, 2.45) is 0 Å². The molecule has 0 unspecified atom stereocenters. The lowest BCUT2D eigenvalue weighted by Crippen LogP contribution is -2.26. The molecule has 2 aromatic carbocycles. The summed E-state index contributed by atoms with van der Waals surface area (Å²) in [6.07, 6.45) is 4.85. The van der Waals surface area contributed by atoms with Crippen LogP contribution in [0.1, 0.15) is 30.0 Å². The van der Waals surface area contributed by atoms with Gasteiger partial charge in [-0.3, -0.25) is 9.36 Å². The Morgan fingerprint density at radius 3 is 2.51 bits per heavy atom. The largest absolute Gasteiger partial charge is 0.371 e. The van der Waals surface area contributed by atoms with Crippen LogP contribution >= 0.6 is 0 Å². The fraction of sp³-hybridized carbons (Fsp3) is 0.143. The predicted molar refractivity (Wildman–Crippen MR) is 145 cm³/mol. The van der Waals surface area contributed by atoms with Crippen molar-refractivity contribution in [3.63, 3.8) is 0 Å². The van der Waals surface area contributed by atoms with Crippen LogP contribution in [0.3, 0.4) is 0 Å². The Morgan fingerprint density at radius 1 is 1.03 bits per heavy atom. The van der Waals surface area contributed by atoms with Crippen molar-refractivity contribution in [1.29, 1.82) is 0 Å². The van der Waals surface area contributed by atoms with E-state index in [2.05, 4.69) is 30.1 Å². The summed E-state index contributed by atoms with van der Waals surface area (Å²) in [5.74, 6) is 1.03. The number of rotatable bonds is 5. The van der Waals surface area contributed by atoms with Crippen LogP contribution in [0.4, 0.5) is 17.5 Å². The fourth-order valence-electron chi connectivity index (χ4n) is 4.36. The van der Waals surface area contributed by atoms with Gasteiger partial charge in [0, 0.05) is 35.5 Å². The normalized spacial score (nSPS) is 11.7. The summed E-state index contributed by atoms with van der Waals surface area (Å²) in [4.78, 5) is 34.5. The summed E-state index contributed by atoms with van der Waals surface area (Å²) in [7, 11) is 0. The van der Waals surface area contributed by atoms with Crippen LogP contribution in [0.15, 0.2) is 71.9 Å². The molecule has 182 valence electrons. The van der Waals surface area contributed by atoms with E-state index in [1.165, 1.54) is 6.20 Å². The molecule has 5 aromatic rings. The molecule has 5 rings (SSSR count). The molecule has 3 heterocycles. The van der Waals surface area contributed by atoms with E-state index in [1.807, 2.05) is 69.3 Å². The number of nitrogens with two attached hydrogens (primary N) is 1. The number of pyridine rings is 1. The lowest BCUT2D eigenvalue weighted by molar-refractivity contribution is 0.773. The number of nitrogen functional groups attached to an aromatic ring is 1. The molecule has 9 nitrogen and oxygen atoms in total. The van der Waals surface area contributed by atoms with Crippen LogP contribution in [0, 0.1) is 20.4 Å². The minimum Gasteiger partial charge on any atom is -0.371 e. The highest BCUT2D eigenvalue weighted by Gasteiger charge is 2.20. The van der Waals surface area contributed by atoms with Crippen LogP contribution in [0.25, 0.3) is 32.4 Å². The minimum absolute atomic E-state index is 0.0571. The maximum Gasteiger partial charge on any atom is 0.263 e. The Hall–Kier alpha value is -5.10. The fourth-order valence-corrected chi connectivity index (χ4v) is 4.36. The Kier molecular flexibility index (Phi) is 6.07. The number of hydrogen-bond acceptors (Lipinski definition) is 7. The molecule has 0 bridgehead atoms. The van der Waals surface area contributed by atoms with Gasteiger partial charge >= 0.3 is 0 Å². The van der Waals surface area contributed by atoms with E-state index >= 15 is 0 Å². The van der Waals surface area contributed by atoms with E-state index in [4.69, 9.17) is 12.3 Å². The molecule has 3 N–H and O–H groups in total. The zero-order chi connectivity index (χ0) is 26.1. The zero-order valence-electron chi connectivity index (χ0n) is 20.6. The molecule has 0 aliphatic heterocycles. The first-order chi connectivity index (χ1) is 17.9. The van der Waals surface area contributed by atoms with Crippen molar-refractivity contribution in [3.8, 4) is 16.8 Å². The van der Waals surface area contributed by atoms with E-state index < -0.39 is 6.04 Å². The van der Waals surface area contributed by atoms with Gasteiger partial charge in [-0.05, 0) is 55.5 Å². The maximum atomic E-state index is 14.3. The van der Waals surface area contributed by atoms with Crippen LogP contribution in [-0.4, -0.2) is 24.5 Å². The predicted octanol–water partition coefficient (Wildman–Crippen LogP) is 5.16. The highest BCUT2D eigenvalue weighted by molar-refractivity contribution is 5.96. The quantitative estimate of drug-likeness (QED) is 0.328. The second-order valence-corrected chi connectivity index (χ2v) is 8.78. The lowest BCUT2D eigenvalue weighted by Gasteiger charge is -2.22. The number of hydrogen-bond donors (Lipinski definition) is 2. The van der Waals surface area contributed by atoms with Crippen molar-refractivity contribution in [2.75, 3.05) is 11.1 Å². The van der Waals surface area contributed by atoms with Gasteiger partial charge in [0.05, 0.1) is 18.0 Å². The molecule has 37 heavy (non-hydrogen) atoms. The number of anilines is 2. The Morgan fingerprint density at radius 2 is 1.78 bits per heavy atom. The third kappa shape index (κ3) is 4.48. The zero-order valence-corrected chi connectivity index (χ0v) is 20.6. The van der Waals surface area contributed by atoms with Gasteiger partial charge in [-0.25, -0.2) is 24.8 Å². The van der Waals surface area contributed by atoms with Crippen molar-refractivity contribution >= 4 is 28.2 Å². The van der Waals surface area contributed by atoms with Gasteiger partial charge in [0.1, 0.15) is 11.6 Å². The molecule has 0 aliphatic carbocycles. The Labute approximate surface area is 213 Å². The number of aromatic nitrogens is 5. The molecule has 9 heteroatoms. The van der Waals surface area contributed by atoms with Gasteiger partial charge in [-0.1, -0.05) is 30.3 Å². The molecule has 0 aliphatic rings. The summed E-state index contributed by atoms with van der Waals surface area (Å²) in [5, 5.41) is 4.61. The molecule has 0 amide bonds.